The van der Waals surface area contributed by atoms with Crippen LogP contribution in [0.15, 0.2) is 0 Å². The molecular weight excluding hydrogens is 230 g/mol. The Labute approximate surface area is 98.7 Å². The van der Waals surface area contributed by atoms with Gasteiger partial charge >= 0.3 is 12.1 Å². The number of carboxylic acids is 1. The summed E-state index contributed by atoms with van der Waals surface area (Å²) in [6.45, 7) is 5.07. The number of alkyl carbamates (subject to hydrolysis) is 1. The maximum Gasteiger partial charge on any atom is 0.407 e. The van der Waals surface area contributed by atoms with E-state index in [4.69, 9.17) is 14.6 Å². The molecule has 1 aliphatic rings. The summed E-state index contributed by atoms with van der Waals surface area (Å²) in [6, 6.07) is -0.578. The molecule has 17 heavy (non-hydrogen) atoms. The molecule has 0 saturated carbocycles. The van der Waals surface area contributed by atoms with Crippen LogP contribution in [0.1, 0.15) is 27.2 Å². The van der Waals surface area contributed by atoms with Gasteiger partial charge in [0.15, 0.2) is 0 Å². The first-order chi connectivity index (χ1) is 7.62. The summed E-state index contributed by atoms with van der Waals surface area (Å²) in [6.07, 6.45) is -0.873. The van der Waals surface area contributed by atoms with E-state index in [9.17, 15) is 14.7 Å². The number of nitrogens with one attached hydrogen (secondary N) is 1. The van der Waals surface area contributed by atoms with Crippen molar-refractivity contribution in [3.05, 3.63) is 0 Å². The highest BCUT2D eigenvalue weighted by molar-refractivity contribution is 5.76. The maximum absolute atomic E-state index is 11.4. The predicted molar refractivity (Wildman–Crippen MR) is 56.3 cm³/mol. The van der Waals surface area contributed by atoms with Crippen molar-refractivity contribution in [1.82, 2.24) is 5.32 Å². The maximum atomic E-state index is 11.4. The predicted octanol–water partition coefficient (Wildman–Crippen LogP) is 0.0732. The van der Waals surface area contributed by atoms with Crippen molar-refractivity contribution in [2.75, 3.05) is 6.61 Å². The molecule has 1 rings (SSSR count). The Kier molecular flexibility index (Phi) is 3.63. The van der Waals surface area contributed by atoms with Crippen molar-refractivity contribution in [1.29, 1.82) is 0 Å². The fourth-order valence-electron chi connectivity index (χ4n) is 1.41. The summed E-state index contributed by atoms with van der Waals surface area (Å²) < 4.78 is 9.72. The van der Waals surface area contributed by atoms with Gasteiger partial charge in [0.05, 0.1) is 12.6 Å². The van der Waals surface area contributed by atoms with Crippen LogP contribution in [0.5, 0.6) is 0 Å². The number of amides is 1. The number of carbonyl (C=O) groups is 2. The third-order valence-corrected chi connectivity index (χ3v) is 2.10. The molecule has 7 nitrogen and oxygen atoms in total. The first-order valence-corrected chi connectivity index (χ1v) is 5.22. The highest BCUT2D eigenvalue weighted by Gasteiger charge is 2.46. The summed E-state index contributed by atoms with van der Waals surface area (Å²) >= 11 is 0. The molecule has 0 aromatic carbocycles. The molecule has 0 aromatic rings. The second-order valence-corrected chi connectivity index (χ2v) is 4.95. The van der Waals surface area contributed by atoms with Gasteiger partial charge in [-0.15, -0.1) is 0 Å². The van der Waals surface area contributed by atoms with Gasteiger partial charge in [-0.1, -0.05) is 0 Å². The van der Waals surface area contributed by atoms with Crippen molar-refractivity contribution >= 4 is 12.1 Å². The fraction of sp³-hybridized carbons (Fsp3) is 0.800. The zero-order valence-corrected chi connectivity index (χ0v) is 10.0. The van der Waals surface area contributed by atoms with Gasteiger partial charge in [-0.25, -0.2) is 9.59 Å². The third-order valence-electron chi connectivity index (χ3n) is 2.10. The molecule has 1 heterocycles. The quantitative estimate of drug-likeness (QED) is 0.638. The number of rotatable bonds is 2. The van der Waals surface area contributed by atoms with Gasteiger partial charge in [0.1, 0.15) is 5.60 Å². The van der Waals surface area contributed by atoms with E-state index in [1.807, 2.05) is 0 Å². The Hall–Kier alpha value is -1.34. The summed E-state index contributed by atoms with van der Waals surface area (Å²) in [5.74, 6) is -3.69. The minimum atomic E-state index is -2.22. The van der Waals surface area contributed by atoms with E-state index < -0.39 is 29.5 Å². The van der Waals surface area contributed by atoms with Crippen molar-refractivity contribution in [3.8, 4) is 0 Å². The van der Waals surface area contributed by atoms with Gasteiger partial charge in [-0.3, -0.25) is 0 Å². The van der Waals surface area contributed by atoms with Crippen molar-refractivity contribution < 1.29 is 29.3 Å². The molecule has 3 N–H and O–H groups in total. The van der Waals surface area contributed by atoms with Gasteiger partial charge < -0.3 is 25.0 Å². The van der Waals surface area contributed by atoms with Crippen LogP contribution in [0, 0.1) is 0 Å². The number of ether oxygens (including phenoxy) is 2. The first-order valence-electron chi connectivity index (χ1n) is 5.22. The second kappa shape index (κ2) is 4.50. The Morgan fingerprint density at radius 1 is 1.47 bits per heavy atom. The normalized spacial score (nSPS) is 28.8. The summed E-state index contributed by atoms with van der Waals surface area (Å²) in [5.41, 5.74) is -0.632. The standard InChI is InChI=1S/C10H17NO6/c1-9(2,3)17-8(14)11-6-4-10(15,7(12)13)16-5-6/h6,15H,4-5H2,1-3H3,(H,11,14)(H,12,13). The van der Waals surface area contributed by atoms with Crippen molar-refractivity contribution in [2.24, 2.45) is 0 Å². The topological polar surface area (TPSA) is 105 Å². The highest BCUT2D eigenvalue weighted by Crippen LogP contribution is 2.23. The molecule has 0 aliphatic carbocycles. The second-order valence-electron chi connectivity index (χ2n) is 4.95. The molecule has 1 saturated heterocycles. The molecule has 0 aromatic heterocycles. The van der Waals surface area contributed by atoms with Crippen LogP contribution >= 0.6 is 0 Å². The third kappa shape index (κ3) is 3.86. The number of carbonyl (C=O) groups excluding carboxylic acids is 1. The van der Waals surface area contributed by atoms with E-state index in [0.29, 0.717) is 0 Å². The van der Waals surface area contributed by atoms with E-state index in [1.165, 1.54) is 0 Å². The summed E-state index contributed by atoms with van der Waals surface area (Å²) in [4.78, 5) is 22.0. The number of hydrogen-bond donors (Lipinski definition) is 3. The molecular formula is C10H17NO6. The molecule has 1 aliphatic heterocycles. The zero-order valence-electron chi connectivity index (χ0n) is 10.0. The fourth-order valence-corrected chi connectivity index (χ4v) is 1.41. The zero-order chi connectivity index (χ0) is 13.3. The molecule has 0 bridgehead atoms. The molecule has 2 unspecified atom stereocenters. The Balaban J connectivity index is 2.46. The minimum absolute atomic E-state index is 0.0674. The monoisotopic (exact) mass is 247 g/mol. The van der Waals surface area contributed by atoms with Gasteiger partial charge in [-0.05, 0) is 20.8 Å². The van der Waals surface area contributed by atoms with Crippen LogP contribution in [0.2, 0.25) is 0 Å². The Bertz CT molecular complexity index is 323. The molecule has 0 spiro atoms. The number of aliphatic carboxylic acids is 1. The molecule has 1 fully saturated rings. The molecule has 7 heteroatoms. The lowest BCUT2D eigenvalue weighted by Crippen LogP contribution is -2.42. The highest BCUT2D eigenvalue weighted by atomic mass is 16.7. The van der Waals surface area contributed by atoms with Crippen LogP contribution in [0.3, 0.4) is 0 Å². The van der Waals surface area contributed by atoms with E-state index in [1.54, 1.807) is 20.8 Å². The van der Waals surface area contributed by atoms with Crippen LogP contribution in [0.25, 0.3) is 0 Å². The lowest BCUT2D eigenvalue weighted by atomic mass is 10.1. The molecule has 2 atom stereocenters. The number of carboxylic acid groups (broad SMARTS) is 1. The van der Waals surface area contributed by atoms with Crippen LogP contribution < -0.4 is 5.32 Å². The lowest BCUT2D eigenvalue weighted by molar-refractivity contribution is -0.206. The van der Waals surface area contributed by atoms with Crippen LogP contribution in [-0.2, 0) is 14.3 Å². The number of aliphatic hydroxyl groups is 1. The first kappa shape index (κ1) is 13.7. The Morgan fingerprint density at radius 3 is 2.47 bits per heavy atom. The van der Waals surface area contributed by atoms with E-state index in [0.717, 1.165) is 0 Å². The van der Waals surface area contributed by atoms with Crippen LogP contribution in [-0.4, -0.2) is 46.3 Å². The minimum Gasteiger partial charge on any atom is -0.477 e. The molecule has 0 radical (unpaired) electrons. The SMILES string of the molecule is CC(C)(C)OC(=O)NC1COC(O)(C(=O)O)C1. The molecule has 98 valence electrons. The number of hydrogen-bond acceptors (Lipinski definition) is 5. The van der Waals surface area contributed by atoms with Gasteiger partial charge in [0.25, 0.3) is 5.79 Å². The van der Waals surface area contributed by atoms with E-state index >= 15 is 0 Å². The summed E-state index contributed by atoms with van der Waals surface area (Å²) in [5, 5.41) is 20.6. The Morgan fingerprint density at radius 2 is 2.06 bits per heavy atom. The van der Waals surface area contributed by atoms with E-state index in [2.05, 4.69) is 5.32 Å². The lowest BCUT2D eigenvalue weighted by Gasteiger charge is -2.21. The van der Waals surface area contributed by atoms with E-state index in [-0.39, 0.29) is 13.0 Å². The van der Waals surface area contributed by atoms with Crippen molar-refractivity contribution in [2.45, 2.75) is 44.6 Å². The van der Waals surface area contributed by atoms with Gasteiger partial charge in [0, 0.05) is 6.42 Å². The smallest absolute Gasteiger partial charge is 0.407 e. The van der Waals surface area contributed by atoms with Gasteiger partial charge in [0.2, 0.25) is 0 Å². The van der Waals surface area contributed by atoms with Gasteiger partial charge in [-0.2, -0.15) is 0 Å². The van der Waals surface area contributed by atoms with Crippen LogP contribution in [0.4, 0.5) is 4.79 Å². The molecule has 1 amide bonds. The average Bonchev–Trinajstić information content (AvgIpc) is 2.45. The average molecular weight is 247 g/mol. The summed E-state index contributed by atoms with van der Waals surface area (Å²) in [7, 11) is 0. The largest absolute Gasteiger partial charge is 0.477 e. The van der Waals surface area contributed by atoms with Crippen molar-refractivity contribution in [3.63, 3.8) is 0 Å².